The predicted molar refractivity (Wildman–Crippen MR) is 83.2 cm³/mol. The van der Waals surface area contributed by atoms with Gasteiger partial charge in [0.05, 0.1) is 12.8 Å². The standard InChI is InChI=1S/C17H18N2O3/c20-15(16-6-3-11-22-16)12-18-17(21)8-10-19-9-7-13-4-1-2-5-14(13)19/h1-7,9,11,15,20H,8,10,12H2,(H,18,21). The number of aliphatic hydroxyl groups is 1. The van der Waals surface area contributed by atoms with E-state index in [4.69, 9.17) is 4.42 Å². The molecule has 0 saturated heterocycles. The summed E-state index contributed by atoms with van der Waals surface area (Å²) in [5.74, 6) is 0.361. The molecule has 0 aliphatic rings. The van der Waals surface area contributed by atoms with Gasteiger partial charge in [0, 0.05) is 24.7 Å². The Hall–Kier alpha value is -2.53. The first kappa shape index (κ1) is 14.4. The lowest BCUT2D eigenvalue weighted by molar-refractivity contribution is -0.121. The van der Waals surface area contributed by atoms with Crippen LogP contribution in [0, 0.1) is 0 Å². The molecular formula is C17H18N2O3. The van der Waals surface area contributed by atoms with Crippen molar-refractivity contribution in [2.24, 2.45) is 0 Å². The van der Waals surface area contributed by atoms with Gasteiger partial charge < -0.3 is 19.4 Å². The molecule has 5 nitrogen and oxygen atoms in total. The van der Waals surface area contributed by atoms with Crippen molar-refractivity contribution in [1.82, 2.24) is 9.88 Å². The summed E-state index contributed by atoms with van der Waals surface area (Å²) >= 11 is 0. The van der Waals surface area contributed by atoms with Gasteiger partial charge in [-0.2, -0.15) is 0 Å². The Labute approximate surface area is 128 Å². The molecule has 1 atom stereocenters. The minimum atomic E-state index is -0.814. The maximum atomic E-state index is 11.9. The zero-order valence-electron chi connectivity index (χ0n) is 12.1. The monoisotopic (exact) mass is 298 g/mol. The number of aliphatic hydroxyl groups excluding tert-OH is 1. The van der Waals surface area contributed by atoms with E-state index in [0.29, 0.717) is 18.7 Å². The van der Waals surface area contributed by atoms with Crippen LogP contribution < -0.4 is 5.32 Å². The maximum Gasteiger partial charge on any atom is 0.221 e. The molecule has 114 valence electrons. The maximum absolute atomic E-state index is 11.9. The molecule has 1 aromatic carbocycles. The zero-order valence-corrected chi connectivity index (χ0v) is 12.1. The van der Waals surface area contributed by atoms with Gasteiger partial charge in [0.2, 0.25) is 5.91 Å². The summed E-state index contributed by atoms with van der Waals surface area (Å²) in [7, 11) is 0. The number of rotatable bonds is 6. The number of nitrogens with one attached hydrogen (secondary N) is 1. The third kappa shape index (κ3) is 3.20. The number of nitrogens with zero attached hydrogens (tertiary/aromatic N) is 1. The van der Waals surface area contributed by atoms with Crippen molar-refractivity contribution in [3.8, 4) is 0 Å². The number of aromatic nitrogens is 1. The fourth-order valence-corrected chi connectivity index (χ4v) is 2.44. The van der Waals surface area contributed by atoms with Crippen LogP contribution in [0.1, 0.15) is 18.3 Å². The summed E-state index contributed by atoms with van der Waals surface area (Å²) in [6.45, 7) is 0.759. The second-order valence-corrected chi connectivity index (χ2v) is 5.15. The summed E-state index contributed by atoms with van der Waals surface area (Å²) in [5, 5.41) is 13.7. The Morgan fingerprint density at radius 3 is 2.91 bits per heavy atom. The van der Waals surface area contributed by atoms with Gasteiger partial charge in [-0.25, -0.2) is 0 Å². The molecule has 0 spiro atoms. The first-order valence-corrected chi connectivity index (χ1v) is 7.26. The second-order valence-electron chi connectivity index (χ2n) is 5.15. The topological polar surface area (TPSA) is 67.4 Å². The smallest absolute Gasteiger partial charge is 0.221 e. The number of carbonyl (C=O) groups excluding carboxylic acids is 1. The molecule has 0 bridgehead atoms. The lowest BCUT2D eigenvalue weighted by atomic mass is 10.2. The van der Waals surface area contributed by atoms with Gasteiger partial charge in [-0.05, 0) is 29.7 Å². The zero-order chi connectivity index (χ0) is 15.4. The number of amides is 1. The van der Waals surface area contributed by atoms with Gasteiger partial charge >= 0.3 is 0 Å². The van der Waals surface area contributed by atoms with Gasteiger partial charge in [0.15, 0.2) is 0 Å². The van der Waals surface area contributed by atoms with Crippen LogP contribution in [-0.4, -0.2) is 22.1 Å². The van der Waals surface area contributed by atoms with Crippen molar-refractivity contribution >= 4 is 16.8 Å². The highest BCUT2D eigenvalue weighted by atomic mass is 16.4. The average molecular weight is 298 g/mol. The van der Waals surface area contributed by atoms with Crippen LogP contribution in [0.3, 0.4) is 0 Å². The Balaban J connectivity index is 1.50. The first-order valence-electron chi connectivity index (χ1n) is 7.26. The van der Waals surface area contributed by atoms with E-state index >= 15 is 0 Å². The van der Waals surface area contributed by atoms with E-state index in [9.17, 15) is 9.90 Å². The van der Waals surface area contributed by atoms with Crippen LogP contribution in [0.5, 0.6) is 0 Å². The number of fused-ring (bicyclic) bond motifs is 1. The van der Waals surface area contributed by atoms with Crippen LogP contribution >= 0.6 is 0 Å². The van der Waals surface area contributed by atoms with Gasteiger partial charge in [-0.15, -0.1) is 0 Å². The van der Waals surface area contributed by atoms with E-state index in [1.807, 2.05) is 36.5 Å². The van der Waals surface area contributed by atoms with Crippen molar-refractivity contribution in [3.05, 3.63) is 60.7 Å². The average Bonchev–Trinajstić information content (AvgIpc) is 3.20. The Kier molecular flexibility index (Phi) is 4.25. The molecule has 2 heterocycles. The predicted octanol–water partition coefficient (Wildman–Crippen LogP) is 2.47. The molecule has 0 aliphatic carbocycles. The highest BCUT2D eigenvalue weighted by Gasteiger charge is 2.12. The lowest BCUT2D eigenvalue weighted by Gasteiger charge is -2.10. The minimum Gasteiger partial charge on any atom is -0.467 e. The molecule has 3 aromatic rings. The van der Waals surface area contributed by atoms with Crippen molar-refractivity contribution in [2.45, 2.75) is 19.1 Å². The summed E-state index contributed by atoms with van der Waals surface area (Å²) < 4.78 is 7.14. The molecule has 1 unspecified atom stereocenters. The number of furan rings is 1. The van der Waals surface area contributed by atoms with Crippen LogP contribution in [-0.2, 0) is 11.3 Å². The SMILES string of the molecule is O=C(CCn1ccc2ccccc21)NCC(O)c1ccco1. The van der Waals surface area contributed by atoms with Gasteiger partial charge in [0.25, 0.3) is 0 Å². The number of hydrogen-bond acceptors (Lipinski definition) is 3. The summed E-state index contributed by atoms with van der Waals surface area (Å²) in [4.78, 5) is 11.9. The van der Waals surface area contributed by atoms with Crippen LogP contribution in [0.15, 0.2) is 59.3 Å². The number of aryl methyl sites for hydroxylation is 1. The van der Waals surface area contributed by atoms with Crippen molar-refractivity contribution in [3.63, 3.8) is 0 Å². The second kappa shape index (κ2) is 6.49. The quantitative estimate of drug-likeness (QED) is 0.734. The Morgan fingerprint density at radius 2 is 2.09 bits per heavy atom. The first-order chi connectivity index (χ1) is 10.7. The highest BCUT2D eigenvalue weighted by Crippen LogP contribution is 2.15. The number of benzene rings is 1. The molecule has 2 aromatic heterocycles. The molecule has 3 rings (SSSR count). The van der Waals surface area contributed by atoms with Gasteiger partial charge in [-0.1, -0.05) is 18.2 Å². The van der Waals surface area contributed by atoms with Crippen molar-refractivity contribution < 1.29 is 14.3 Å². The molecule has 1 amide bonds. The molecule has 0 fully saturated rings. The normalized spacial score (nSPS) is 12.4. The number of para-hydroxylation sites is 1. The van der Waals surface area contributed by atoms with Gasteiger partial charge in [0.1, 0.15) is 11.9 Å². The molecule has 2 N–H and O–H groups in total. The molecule has 0 aliphatic heterocycles. The fraction of sp³-hybridized carbons (Fsp3) is 0.235. The van der Waals surface area contributed by atoms with E-state index in [1.54, 1.807) is 12.1 Å². The Morgan fingerprint density at radius 1 is 1.23 bits per heavy atom. The molecule has 22 heavy (non-hydrogen) atoms. The summed E-state index contributed by atoms with van der Waals surface area (Å²) in [6.07, 6.45) is 3.03. The Bertz CT molecular complexity index is 746. The lowest BCUT2D eigenvalue weighted by Crippen LogP contribution is -2.28. The fourth-order valence-electron chi connectivity index (χ4n) is 2.44. The van der Waals surface area contributed by atoms with Crippen LogP contribution in [0.25, 0.3) is 10.9 Å². The van der Waals surface area contributed by atoms with Gasteiger partial charge in [-0.3, -0.25) is 4.79 Å². The molecular weight excluding hydrogens is 280 g/mol. The minimum absolute atomic E-state index is 0.0941. The summed E-state index contributed by atoms with van der Waals surface area (Å²) in [6, 6.07) is 13.5. The molecule has 0 saturated carbocycles. The molecule has 0 radical (unpaired) electrons. The van der Waals surface area contributed by atoms with Crippen molar-refractivity contribution in [1.29, 1.82) is 0 Å². The van der Waals surface area contributed by atoms with Crippen LogP contribution in [0.4, 0.5) is 0 Å². The number of hydrogen-bond donors (Lipinski definition) is 2. The van der Waals surface area contributed by atoms with E-state index in [-0.39, 0.29) is 12.5 Å². The third-order valence-corrected chi connectivity index (χ3v) is 3.62. The van der Waals surface area contributed by atoms with E-state index < -0.39 is 6.10 Å². The summed E-state index contributed by atoms with van der Waals surface area (Å²) in [5.41, 5.74) is 1.12. The van der Waals surface area contributed by atoms with E-state index in [0.717, 1.165) is 10.9 Å². The highest BCUT2D eigenvalue weighted by molar-refractivity contribution is 5.80. The van der Waals surface area contributed by atoms with Crippen molar-refractivity contribution in [2.75, 3.05) is 6.54 Å². The molecule has 5 heteroatoms. The third-order valence-electron chi connectivity index (χ3n) is 3.62. The number of carbonyl (C=O) groups is 1. The largest absolute Gasteiger partial charge is 0.467 e. The van der Waals surface area contributed by atoms with E-state index in [1.165, 1.54) is 6.26 Å². The van der Waals surface area contributed by atoms with E-state index in [2.05, 4.69) is 9.88 Å². The van der Waals surface area contributed by atoms with Crippen LogP contribution in [0.2, 0.25) is 0 Å².